The molecule has 0 radical (unpaired) electrons. The molecular weight excluding hydrogens is 210 g/mol. The van der Waals surface area contributed by atoms with Crippen LogP contribution in [0.5, 0.6) is 0 Å². The second-order valence-electron chi connectivity index (χ2n) is 6.30. The average molecular weight is 239 g/mol. The molecule has 17 heavy (non-hydrogen) atoms. The summed E-state index contributed by atoms with van der Waals surface area (Å²) in [7, 11) is 4.49. The minimum Gasteiger partial charge on any atom is -0.327 e. The molecule has 0 aromatic heterocycles. The van der Waals surface area contributed by atoms with Gasteiger partial charge in [-0.1, -0.05) is 0 Å². The molecule has 0 amide bonds. The number of piperidine rings is 1. The van der Waals surface area contributed by atoms with Gasteiger partial charge in [0.15, 0.2) is 0 Å². The molecule has 0 spiro atoms. The molecule has 1 saturated heterocycles. The number of nitrogens with two attached hydrogens (primary N) is 1. The Kier molecular flexibility index (Phi) is 4.83. The van der Waals surface area contributed by atoms with Crippen LogP contribution in [0.4, 0.5) is 0 Å². The monoisotopic (exact) mass is 239 g/mol. The van der Waals surface area contributed by atoms with Gasteiger partial charge in [0.2, 0.25) is 0 Å². The van der Waals surface area contributed by atoms with Crippen molar-refractivity contribution in [1.82, 2.24) is 9.80 Å². The number of hydrogen-bond donors (Lipinski definition) is 1. The van der Waals surface area contributed by atoms with Crippen LogP contribution < -0.4 is 5.73 Å². The molecule has 1 saturated carbocycles. The fourth-order valence-electron chi connectivity index (χ4n) is 2.91. The first-order chi connectivity index (χ1) is 8.15. The Hall–Kier alpha value is -0.120. The molecule has 1 unspecified atom stereocenters. The Labute approximate surface area is 106 Å². The largest absolute Gasteiger partial charge is 0.327 e. The van der Waals surface area contributed by atoms with E-state index in [0.29, 0.717) is 6.04 Å². The molecule has 2 fully saturated rings. The molecule has 1 heterocycles. The van der Waals surface area contributed by atoms with Crippen LogP contribution in [0.3, 0.4) is 0 Å². The minimum absolute atomic E-state index is 0.468. The average Bonchev–Trinajstić information content (AvgIpc) is 3.13. The van der Waals surface area contributed by atoms with Crippen LogP contribution >= 0.6 is 0 Å². The molecule has 1 aliphatic carbocycles. The molecule has 3 heteroatoms. The minimum atomic E-state index is 0.468. The molecule has 2 rings (SSSR count). The van der Waals surface area contributed by atoms with Gasteiger partial charge in [0.25, 0.3) is 0 Å². The zero-order valence-corrected chi connectivity index (χ0v) is 11.6. The maximum absolute atomic E-state index is 6.15. The highest BCUT2D eigenvalue weighted by Crippen LogP contribution is 2.32. The van der Waals surface area contributed by atoms with Crippen molar-refractivity contribution in [1.29, 1.82) is 0 Å². The van der Waals surface area contributed by atoms with Crippen molar-refractivity contribution in [2.75, 3.05) is 40.3 Å². The number of nitrogens with zero attached hydrogens (tertiary/aromatic N) is 2. The molecule has 1 aliphatic heterocycles. The highest BCUT2D eigenvalue weighted by Gasteiger charge is 2.28. The van der Waals surface area contributed by atoms with Crippen molar-refractivity contribution < 1.29 is 0 Å². The predicted octanol–water partition coefficient (Wildman–Crippen LogP) is 1.39. The van der Waals surface area contributed by atoms with Gasteiger partial charge in [-0.25, -0.2) is 0 Å². The van der Waals surface area contributed by atoms with Crippen LogP contribution in [0.2, 0.25) is 0 Å². The molecule has 2 aliphatic rings. The number of rotatable bonds is 6. The normalized spacial score (nSPS) is 25.4. The van der Waals surface area contributed by atoms with E-state index >= 15 is 0 Å². The van der Waals surface area contributed by atoms with Gasteiger partial charge >= 0.3 is 0 Å². The van der Waals surface area contributed by atoms with Crippen LogP contribution in [-0.2, 0) is 0 Å². The van der Waals surface area contributed by atoms with E-state index in [1.54, 1.807) is 0 Å². The fourth-order valence-corrected chi connectivity index (χ4v) is 2.91. The molecule has 100 valence electrons. The third-order valence-corrected chi connectivity index (χ3v) is 4.48. The van der Waals surface area contributed by atoms with Crippen molar-refractivity contribution in [3.05, 3.63) is 0 Å². The summed E-state index contributed by atoms with van der Waals surface area (Å²) in [4.78, 5) is 4.94. The Morgan fingerprint density at radius 1 is 1.24 bits per heavy atom. The zero-order valence-electron chi connectivity index (χ0n) is 11.6. The van der Waals surface area contributed by atoms with Crippen LogP contribution in [-0.4, -0.2) is 56.1 Å². The first kappa shape index (κ1) is 13.3. The van der Waals surface area contributed by atoms with Crippen LogP contribution in [0, 0.1) is 11.8 Å². The SMILES string of the molecule is CN1CCC(CN(C)CCC(N)C2CC2)CC1. The Morgan fingerprint density at radius 3 is 2.47 bits per heavy atom. The lowest BCUT2D eigenvalue weighted by Crippen LogP contribution is -2.37. The maximum Gasteiger partial charge on any atom is 0.00793 e. The van der Waals surface area contributed by atoms with E-state index in [2.05, 4.69) is 23.9 Å². The first-order valence-electron chi connectivity index (χ1n) is 7.28. The van der Waals surface area contributed by atoms with Crippen LogP contribution in [0.15, 0.2) is 0 Å². The van der Waals surface area contributed by atoms with Gasteiger partial charge < -0.3 is 15.5 Å². The van der Waals surface area contributed by atoms with Crippen molar-refractivity contribution in [3.63, 3.8) is 0 Å². The number of hydrogen-bond acceptors (Lipinski definition) is 3. The fraction of sp³-hybridized carbons (Fsp3) is 1.00. The van der Waals surface area contributed by atoms with Gasteiger partial charge in [0, 0.05) is 12.6 Å². The van der Waals surface area contributed by atoms with E-state index in [-0.39, 0.29) is 0 Å². The third-order valence-electron chi connectivity index (χ3n) is 4.48. The van der Waals surface area contributed by atoms with Crippen molar-refractivity contribution in [2.24, 2.45) is 17.6 Å². The predicted molar refractivity (Wildman–Crippen MR) is 73.0 cm³/mol. The molecule has 1 atom stereocenters. The van der Waals surface area contributed by atoms with Gasteiger partial charge in [-0.2, -0.15) is 0 Å². The summed E-state index contributed by atoms with van der Waals surface area (Å²) >= 11 is 0. The topological polar surface area (TPSA) is 32.5 Å². The summed E-state index contributed by atoms with van der Waals surface area (Å²) in [6, 6.07) is 0.468. The summed E-state index contributed by atoms with van der Waals surface area (Å²) in [5.41, 5.74) is 6.15. The Balaban J connectivity index is 1.58. The number of likely N-dealkylation sites (tertiary alicyclic amines) is 1. The van der Waals surface area contributed by atoms with E-state index in [1.165, 1.54) is 58.3 Å². The lowest BCUT2D eigenvalue weighted by atomic mass is 9.96. The molecule has 0 bridgehead atoms. The Bertz CT molecular complexity index is 220. The lowest BCUT2D eigenvalue weighted by Gasteiger charge is -2.32. The molecule has 0 aromatic rings. The Morgan fingerprint density at radius 2 is 1.88 bits per heavy atom. The second kappa shape index (κ2) is 6.17. The van der Waals surface area contributed by atoms with Crippen molar-refractivity contribution in [3.8, 4) is 0 Å². The summed E-state index contributed by atoms with van der Waals surface area (Å²) in [5, 5.41) is 0. The van der Waals surface area contributed by atoms with Gasteiger partial charge in [-0.05, 0) is 77.7 Å². The standard InChI is InChI=1S/C14H29N3/c1-16-8-5-12(6-9-16)11-17(2)10-7-14(15)13-3-4-13/h12-14H,3-11,15H2,1-2H3. The first-order valence-corrected chi connectivity index (χ1v) is 7.28. The van der Waals surface area contributed by atoms with Crippen molar-refractivity contribution >= 4 is 0 Å². The van der Waals surface area contributed by atoms with Gasteiger partial charge in [-0.15, -0.1) is 0 Å². The van der Waals surface area contributed by atoms with Gasteiger partial charge in [-0.3, -0.25) is 0 Å². The quantitative estimate of drug-likeness (QED) is 0.760. The lowest BCUT2D eigenvalue weighted by molar-refractivity contribution is 0.173. The molecule has 3 nitrogen and oxygen atoms in total. The summed E-state index contributed by atoms with van der Waals surface area (Å²) in [5.74, 6) is 1.76. The summed E-state index contributed by atoms with van der Waals surface area (Å²) < 4.78 is 0. The van der Waals surface area contributed by atoms with E-state index in [0.717, 1.165) is 11.8 Å². The van der Waals surface area contributed by atoms with E-state index in [4.69, 9.17) is 5.73 Å². The molecule has 2 N–H and O–H groups in total. The van der Waals surface area contributed by atoms with E-state index < -0.39 is 0 Å². The summed E-state index contributed by atoms with van der Waals surface area (Å²) in [6.07, 6.45) is 6.68. The van der Waals surface area contributed by atoms with E-state index in [9.17, 15) is 0 Å². The van der Waals surface area contributed by atoms with Crippen LogP contribution in [0.1, 0.15) is 32.1 Å². The zero-order chi connectivity index (χ0) is 12.3. The smallest absolute Gasteiger partial charge is 0.00793 e. The molecule has 0 aromatic carbocycles. The van der Waals surface area contributed by atoms with Gasteiger partial charge in [0.05, 0.1) is 0 Å². The van der Waals surface area contributed by atoms with E-state index in [1.807, 2.05) is 0 Å². The second-order valence-corrected chi connectivity index (χ2v) is 6.30. The maximum atomic E-state index is 6.15. The van der Waals surface area contributed by atoms with Crippen molar-refractivity contribution in [2.45, 2.75) is 38.1 Å². The van der Waals surface area contributed by atoms with Crippen LogP contribution in [0.25, 0.3) is 0 Å². The third kappa shape index (κ3) is 4.57. The summed E-state index contributed by atoms with van der Waals surface area (Å²) in [6.45, 7) is 5.01. The molecular formula is C14H29N3. The highest BCUT2D eigenvalue weighted by atomic mass is 15.1. The highest BCUT2D eigenvalue weighted by molar-refractivity contribution is 4.84. The van der Waals surface area contributed by atoms with Gasteiger partial charge in [0.1, 0.15) is 0 Å².